The lowest BCUT2D eigenvalue weighted by Crippen LogP contribution is -2.22. The minimum Gasteiger partial charge on any atom is -0.360 e. The topological polar surface area (TPSA) is 27.1 Å². The van der Waals surface area contributed by atoms with Gasteiger partial charge in [-0.2, -0.15) is 5.10 Å². The van der Waals surface area contributed by atoms with Crippen molar-refractivity contribution in [1.82, 2.24) is 9.78 Å². The number of aryl methyl sites for hydroxylation is 2. The van der Waals surface area contributed by atoms with Crippen molar-refractivity contribution in [1.29, 1.82) is 0 Å². The van der Waals surface area contributed by atoms with Crippen LogP contribution in [0.4, 0.5) is 0 Å². The maximum atomic E-state index is 5.60. The number of rotatable bonds is 5. The quantitative estimate of drug-likeness (QED) is 0.570. The van der Waals surface area contributed by atoms with Crippen molar-refractivity contribution < 1.29 is 4.74 Å². The smallest absolute Gasteiger partial charge is 0.139 e. The number of ether oxygens (including phenoxy) is 1. The maximum absolute atomic E-state index is 5.60. The van der Waals surface area contributed by atoms with Gasteiger partial charge in [-0.15, -0.1) is 0 Å². The maximum Gasteiger partial charge on any atom is 0.139 e. The van der Waals surface area contributed by atoms with Crippen molar-refractivity contribution in [2.24, 2.45) is 0 Å². The number of hydrogen-bond acceptors (Lipinski definition) is 2. The summed E-state index contributed by atoms with van der Waals surface area (Å²) in [6.07, 6.45) is 2.03. The molecule has 0 aromatic carbocycles. The van der Waals surface area contributed by atoms with Crippen LogP contribution in [0.3, 0.4) is 0 Å². The molecule has 0 unspecified atom stereocenters. The highest BCUT2D eigenvalue weighted by molar-refractivity contribution is 6.76. The lowest BCUT2D eigenvalue weighted by molar-refractivity contribution is 0.0783. The Morgan fingerprint density at radius 1 is 1.33 bits per heavy atom. The van der Waals surface area contributed by atoms with Crippen molar-refractivity contribution in [3.63, 3.8) is 0 Å². The lowest BCUT2D eigenvalue weighted by Gasteiger charge is -2.15. The molecule has 1 rings (SSSR count). The first-order valence-corrected chi connectivity index (χ1v) is 9.17. The van der Waals surface area contributed by atoms with E-state index in [1.54, 1.807) is 0 Å². The molecule has 86 valence electrons. The largest absolute Gasteiger partial charge is 0.360 e. The predicted octanol–water partition coefficient (Wildman–Crippen LogP) is 2.81. The van der Waals surface area contributed by atoms with Gasteiger partial charge in [-0.05, 0) is 25.5 Å². The molecule has 0 aliphatic carbocycles. The zero-order chi connectivity index (χ0) is 11.5. The third-order valence-electron chi connectivity index (χ3n) is 2.41. The van der Waals surface area contributed by atoms with Crippen LogP contribution >= 0.6 is 0 Å². The highest BCUT2D eigenvalue weighted by Gasteiger charge is 2.12. The summed E-state index contributed by atoms with van der Waals surface area (Å²) < 4.78 is 7.47. The van der Waals surface area contributed by atoms with E-state index < -0.39 is 8.07 Å². The van der Waals surface area contributed by atoms with Crippen molar-refractivity contribution in [3.05, 3.63) is 17.5 Å². The summed E-state index contributed by atoms with van der Waals surface area (Å²) in [5.74, 6) is 0. The Kier molecular flexibility index (Phi) is 4.10. The van der Waals surface area contributed by atoms with E-state index in [1.165, 1.54) is 11.6 Å². The average Bonchev–Trinajstić information content (AvgIpc) is 2.39. The van der Waals surface area contributed by atoms with Crippen LogP contribution in [0.1, 0.15) is 11.3 Å². The molecular weight excluding hydrogens is 204 g/mol. The fraction of sp³-hybridized carbons (Fsp3) is 0.727. The molecule has 3 nitrogen and oxygen atoms in total. The predicted molar refractivity (Wildman–Crippen MR) is 65.8 cm³/mol. The number of nitrogens with zero attached hydrogens (tertiary/aromatic N) is 2. The van der Waals surface area contributed by atoms with Crippen molar-refractivity contribution in [2.45, 2.75) is 46.3 Å². The minimum absolute atomic E-state index is 0.583. The van der Waals surface area contributed by atoms with Gasteiger partial charge >= 0.3 is 0 Å². The molecule has 1 aromatic heterocycles. The van der Waals surface area contributed by atoms with Gasteiger partial charge in [0, 0.05) is 20.9 Å². The van der Waals surface area contributed by atoms with E-state index in [1.807, 2.05) is 17.8 Å². The highest BCUT2D eigenvalue weighted by Crippen LogP contribution is 2.08. The second-order valence-corrected chi connectivity index (χ2v) is 10.9. The monoisotopic (exact) mass is 226 g/mol. The molecular formula is C11H22N2OSi. The fourth-order valence-corrected chi connectivity index (χ4v) is 1.98. The van der Waals surface area contributed by atoms with E-state index in [4.69, 9.17) is 4.74 Å². The molecule has 0 bridgehead atoms. The Bertz CT molecular complexity index is 295. The Morgan fingerprint density at radius 3 is 2.47 bits per heavy atom. The van der Waals surface area contributed by atoms with Gasteiger partial charge in [0.25, 0.3) is 0 Å². The molecule has 1 aromatic rings. The highest BCUT2D eigenvalue weighted by atomic mass is 28.3. The van der Waals surface area contributed by atoms with E-state index in [2.05, 4.69) is 31.7 Å². The van der Waals surface area contributed by atoms with E-state index in [0.717, 1.165) is 12.3 Å². The first-order chi connectivity index (χ1) is 6.88. The standard InChI is InChI=1S/C11H22N2OSi/c1-10-8-13(12-11(10)2)9-14-6-7-15(3,4)5/h8H,6-7,9H2,1-5H3. The van der Waals surface area contributed by atoms with E-state index in [0.29, 0.717) is 6.73 Å². The van der Waals surface area contributed by atoms with Gasteiger partial charge in [0.05, 0.1) is 5.69 Å². The lowest BCUT2D eigenvalue weighted by atomic mass is 10.3. The van der Waals surface area contributed by atoms with Crippen LogP contribution in [0.15, 0.2) is 6.20 Å². The SMILES string of the molecule is Cc1cn(COCC[Si](C)(C)C)nc1C. The Labute approximate surface area is 93.5 Å². The molecule has 1 heterocycles. The van der Waals surface area contributed by atoms with E-state index >= 15 is 0 Å². The van der Waals surface area contributed by atoms with E-state index in [-0.39, 0.29) is 0 Å². The summed E-state index contributed by atoms with van der Waals surface area (Å²) in [6.45, 7) is 12.6. The first-order valence-electron chi connectivity index (χ1n) is 5.47. The molecule has 15 heavy (non-hydrogen) atoms. The van der Waals surface area contributed by atoms with Crippen LogP contribution in [-0.4, -0.2) is 24.5 Å². The molecule has 0 N–H and O–H groups in total. The van der Waals surface area contributed by atoms with Crippen LogP contribution in [0.5, 0.6) is 0 Å². The second-order valence-electron chi connectivity index (χ2n) is 5.28. The van der Waals surface area contributed by atoms with E-state index in [9.17, 15) is 0 Å². The van der Waals surface area contributed by atoms with Crippen molar-refractivity contribution >= 4 is 8.07 Å². The van der Waals surface area contributed by atoms with Gasteiger partial charge in [0.1, 0.15) is 6.73 Å². The van der Waals surface area contributed by atoms with Crippen LogP contribution in [0.2, 0.25) is 25.7 Å². The third kappa shape index (κ3) is 4.62. The van der Waals surface area contributed by atoms with Gasteiger partial charge in [-0.25, -0.2) is 4.68 Å². The zero-order valence-corrected chi connectivity index (χ0v) is 11.5. The Morgan fingerprint density at radius 2 is 2.00 bits per heavy atom. The summed E-state index contributed by atoms with van der Waals surface area (Å²) in [5.41, 5.74) is 2.31. The van der Waals surface area contributed by atoms with Crippen molar-refractivity contribution in [3.8, 4) is 0 Å². The number of hydrogen-bond donors (Lipinski definition) is 0. The molecule has 0 aliphatic rings. The molecule has 0 spiro atoms. The molecule has 0 saturated carbocycles. The molecule has 0 atom stereocenters. The molecule has 0 aliphatic heterocycles. The summed E-state index contributed by atoms with van der Waals surface area (Å²) in [4.78, 5) is 0. The minimum atomic E-state index is -0.956. The Balaban J connectivity index is 2.26. The summed E-state index contributed by atoms with van der Waals surface area (Å²) >= 11 is 0. The summed E-state index contributed by atoms with van der Waals surface area (Å²) in [5, 5.41) is 4.35. The molecule has 0 fully saturated rings. The first kappa shape index (κ1) is 12.5. The Hall–Kier alpha value is -0.613. The molecule has 0 amide bonds. The third-order valence-corrected chi connectivity index (χ3v) is 4.12. The van der Waals surface area contributed by atoms with Gasteiger partial charge in [-0.3, -0.25) is 0 Å². The van der Waals surface area contributed by atoms with Crippen LogP contribution in [-0.2, 0) is 11.5 Å². The van der Waals surface area contributed by atoms with Crippen LogP contribution < -0.4 is 0 Å². The van der Waals surface area contributed by atoms with Gasteiger partial charge < -0.3 is 4.74 Å². The van der Waals surface area contributed by atoms with Gasteiger partial charge in [0.2, 0.25) is 0 Å². The summed E-state index contributed by atoms with van der Waals surface area (Å²) in [7, 11) is -0.956. The second kappa shape index (κ2) is 4.94. The van der Waals surface area contributed by atoms with Gasteiger partial charge in [-0.1, -0.05) is 19.6 Å². The van der Waals surface area contributed by atoms with Crippen LogP contribution in [0, 0.1) is 13.8 Å². The average molecular weight is 226 g/mol. The summed E-state index contributed by atoms with van der Waals surface area (Å²) in [6, 6.07) is 1.21. The number of aromatic nitrogens is 2. The van der Waals surface area contributed by atoms with Crippen LogP contribution in [0.25, 0.3) is 0 Å². The molecule has 4 heteroatoms. The molecule has 0 saturated heterocycles. The van der Waals surface area contributed by atoms with Crippen molar-refractivity contribution in [2.75, 3.05) is 6.61 Å². The zero-order valence-electron chi connectivity index (χ0n) is 10.5. The fourth-order valence-electron chi connectivity index (χ4n) is 1.22. The normalized spacial score (nSPS) is 12.1. The molecule has 0 radical (unpaired) electrons. The van der Waals surface area contributed by atoms with Gasteiger partial charge in [0.15, 0.2) is 0 Å².